The van der Waals surface area contributed by atoms with Crippen molar-refractivity contribution >= 4 is 15.9 Å². The van der Waals surface area contributed by atoms with Gasteiger partial charge in [0.25, 0.3) is 0 Å². The van der Waals surface area contributed by atoms with Crippen LogP contribution in [0.2, 0.25) is 0 Å². The van der Waals surface area contributed by atoms with Crippen molar-refractivity contribution in [2.24, 2.45) is 5.92 Å². The Morgan fingerprint density at radius 1 is 1.04 bits per heavy atom. The lowest BCUT2D eigenvalue weighted by atomic mass is 9.98. The minimum Gasteiger partial charge on any atom is -0.352 e. The Balaban J connectivity index is 1.47. The molecule has 2 aliphatic heterocycles. The van der Waals surface area contributed by atoms with E-state index in [1.54, 1.807) is 6.92 Å². The summed E-state index contributed by atoms with van der Waals surface area (Å²) in [5, 5.41) is 2.99. The number of hydrogen-bond donors (Lipinski definition) is 1. The number of piperidine rings is 2. The van der Waals surface area contributed by atoms with E-state index in [1.807, 2.05) is 0 Å². The molecule has 7 heteroatoms. The Kier molecular flexibility index (Phi) is 7.48. The minimum absolute atomic E-state index is 0.0478. The first-order valence-corrected chi connectivity index (χ1v) is 12.1. The Bertz CT molecular complexity index is 743. The zero-order valence-electron chi connectivity index (χ0n) is 16.9. The summed E-state index contributed by atoms with van der Waals surface area (Å²) < 4.78 is 25.6. The third kappa shape index (κ3) is 5.78. The molecule has 156 valence electrons. The van der Waals surface area contributed by atoms with E-state index >= 15 is 0 Å². The molecular formula is C21H33N3O3S. The average Bonchev–Trinajstić information content (AvgIpc) is 2.74. The number of nitrogens with one attached hydrogen (secondary N) is 1. The highest BCUT2D eigenvalue weighted by Gasteiger charge is 2.31. The van der Waals surface area contributed by atoms with Crippen LogP contribution in [0.1, 0.15) is 50.2 Å². The van der Waals surface area contributed by atoms with E-state index in [9.17, 15) is 13.2 Å². The molecule has 0 saturated carbocycles. The summed E-state index contributed by atoms with van der Waals surface area (Å²) >= 11 is 0. The van der Waals surface area contributed by atoms with E-state index < -0.39 is 10.0 Å². The fourth-order valence-electron chi connectivity index (χ4n) is 4.06. The number of carbonyl (C=O) groups is 1. The van der Waals surface area contributed by atoms with Gasteiger partial charge in [0.1, 0.15) is 0 Å². The molecule has 1 N–H and O–H groups in total. The largest absolute Gasteiger partial charge is 0.352 e. The average molecular weight is 408 g/mol. The van der Waals surface area contributed by atoms with Crippen LogP contribution in [0.3, 0.4) is 0 Å². The molecule has 0 radical (unpaired) electrons. The Hall–Kier alpha value is -1.44. The molecule has 1 atom stereocenters. The maximum atomic E-state index is 12.5. The molecule has 0 aliphatic carbocycles. The zero-order valence-corrected chi connectivity index (χ0v) is 17.7. The molecule has 3 rings (SSSR count). The number of hydrogen-bond acceptors (Lipinski definition) is 4. The van der Waals surface area contributed by atoms with Gasteiger partial charge < -0.3 is 5.32 Å². The third-order valence-corrected chi connectivity index (χ3v) is 7.71. The number of carbonyl (C=O) groups excluding carboxylic acids is 1. The fraction of sp³-hybridized carbons (Fsp3) is 0.667. The highest BCUT2D eigenvalue weighted by Crippen LogP contribution is 2.20. The fourth-order valence-corrected chi connectivity index (χ4v) is 5.24. The molecule has 1 amide bonds. The lowest BCUT2D eigenvalue weighted by Crippen LogP contribution is -2.45. The summed E-state index contributed by atoms with van der Waals surface area (Å²) in [4.78, 5) is 15.0. The van der Waals surface area contributed by atoms with Crippen molar-refractivity contribution in [1.82, 2.24) is 14.5 Å². The van der Waals surface area contributed by atoms with Gasteiger partial charge in [0.15, 0.2) is 0 Å². The summed E-state index contributed by atoms with van der Waals surface area (Å²) in [6.07, 6.45) is 5.42. The van der Waals surface area contributed by atoms with Crippen LogP contribution in [0.4, 0.5) is 0 Å². The maximum absolute atomic E-state index is 12.5. The SMILES string of the molecule is CCS(=O)(=O)N1CCC[C@H](C(=O)NCc2ccc(CN3CCCCC3)cc2)C1. The van der Waals surface area contributed by atoms with Gasteiger partial charge in [0.05, 0.1) is 11.7 Å². The number of benzene rings is 1. The highest BCUT2D eigenvalue weighted by molar-refractivity contribution is 7.89. The van der Waals surface area contributed by atoms with Crippen molar-refractivity contribution in [2.45, 2.75) is 52.1 Å². The predicted molar refractivity (Wildman–Crippen MR) is 111 cm³/mol. The van der Waals surface area contributed by atoms with Crippen molar-refractivity contribution in [3.63, 3.8) is 0 Å². The summed E-state index contributed by atoms with van der Waals surface area (Å²) in [5.41, 5.74) is 2.38. The molecule has 2 heterocycles. The van der Waals surface area contributed by atoms with E-state index in [0.717, 1.165) is 24.9 Å². The van der Waals surface area contributed by atoms with Crippen LogP contribution >= 0.6 is 0 Å². The van der Waals surface area contributed by atoms with Gasteiger partial charge in [-0.2, -0.15) is 0 Å². The van der Waals surface area contributed by atoms with Crippen molar-refractivity contribution in [1.29, 1.82) is 0 Å². The van der Waals surface area contributed by atoms with E-state index in [-0.39, 0.29) is 17.6 Å². The lowest BCUT2D eigenvalue weighted by molar-refractivity contribution is -0.126. The first-order valence-electron chi connectivity index (χ1n) is 10.5. The normalized spacial score (nSPS) is 22.1. The number of rotatable bonds is 7. The molecule has 2 aliphatic rings. The molecular weight excluding hydrogens is 374 g/mol. The maximum Gasteiger partial charge on any atom is 0.224 e. The molecule has 1 aromatic carbocycles. The van der Waals surface area contributed by atoms with Gasteiger partial charge in [-0.15, -0.1) is 0 Å². The Morgan fingerprint density at radius 3 is 2.39 bits per heavy atom. The van der Waals surface area contributed by atoms with Gasteiger partial charge in [-0.1, -0.05) is 30.7 Å². The third-order valence-electron chi connectivity index (χ3n) is 5.86. The van der Waals surface area contributed by atoms with Gasteiger partial charge >= 0.3 is 0 Å². The summed E-state index contributed by atoms with van der Waals surface area (Å²) in [5.74, 6) is -0.215. The number of amides is 1. The van der Waals surface area contributed by atoms with Gasteiger partial charge in [0.2, 0.25) is 15.9 Å². The van der Waals surface area contributed by atoms with E-state index in [0.29, 0.717) is 19.6 Å². The van der Waals surface area contributed by atoms with E-state index in [2.05, 4.69) is 34.5 Å². The van der Waals surface area contributed by atoms with E-state index in [1.165, 1.54) is 42.2 Å². The molecule has 2 fully saturated rings. The molecule has 0 bridgehead atoms. The first kappa shape index (κ1) is 21.3. The van der Waals surface area contributed by atoms with Crippen LogP contribution in [0.5, 0.6) is 0 Å². The summed E-state index contributed by atoms with van der Waals surface area (Å²) in [6, 6.07) is 8.45. The van der Waals surface area contributed by atoms with Crippen molar-refractivity contribution in [3.8, 4) is 0 Å². The van der Waals surface area contributed by atoms with Gasteiger partial charge in [-0.3, -0.25) is 9.69 Å². The smallest absolute Gasteiger partial charge is 0.224 e. The van der Waals surface area contributed by atoms with Gasteiger partial charge in [-0.25, -0.2) is 12.7 Å². The molecule has 0 spiro atoms. The molecule has 6 nitrogen and oxygen atoms in total. The van der Waals surface area contributed by atoms with Gasteiger partial charge in [-0.05, 0) is 56.8 Å². The minimum atomic E-state index is -3.22. The molecule has 28 heavy (non-hydrogen) atoms. The number of likely N-dealkylation sites (tertiary alicyclic amines) is 1. The van der Waals surface area contributed by atoms with Crippen molar-refractivity contribution in [2.75, 3.05) is 31.9 Å². The second-order valence-electron chi connectivity index (χ2n) is 7.97. The molecule has 0 unspecified atom stereocenters. The molecule has 2 saturated heterocycles. The number of nitrogens with zero attached hydrogens (tertiary/aromatic N) is 2. The van der Waals surface area contributed by atoms with Crippen LogP contribution in [0.25, 0.3) is 0 Å². The van der Waals surface area contributed by atoms with Gasteiger partial charge in [0, 0.05) is 26.2 Å². The van der Waals surface area contributed by atoms with Crippen LogP contribution in [0.15, 0.2) is 24.3 Å². The molecule has 1 aromatic rings. The second-order valence-corrected chi connectivity index (χ2v) is 10.2. The summed E-state index contributed by atoms with van der Waals surface area (Å²) in [7, 11) is -3.22. The van der Waals surface area contributed by atoms with Crippen LogP contribution in [0, 0.1) is 5.92 Å². The number of sulfonamides is 1. The first-order chi connectivity index (χ1) is 13.5. The van der Waals surface area contributed by atoms with Crippen LogP contribution < -0.4 is 5.32 Å². The van der Waals surface area contributed by atoms with E-state index in [4.69, 9.17) is 0 Å². The monoisotopic (exact) mass is 407 g/mol. The zero-order chi connectivity index (χ0) is 20.0. The predicted octanol–water partition coefficient (Wildman–Crippen LogP) is 2.35. The quantitative estimate of drug-likeness (QED) is 0.753. The Labute approximate surface area is 169 Å². The lowest BCUT2D eigenvalue weighted by Gasteiger charge is -2.30. The second kappa shape index (κ2) is 9.85. The Morgan fingerprint density at radius 2 is 1.71 bits per heavy atom. The topological polar surface area (TPSA) is 69.7 Å². The van der Waals surface area contributed by atoms with Crippen LogP contribution in [-0.4, -0.2) is 55.5 Å². The van der Waals surface area contributed by atoms with Crippen molar-refractivity contribution < 1.29 is 13.2 Å². The highest BCUT2D eigenvalue weighted by atomic mass is 32.2. The summed E-state index contributed by atoms with van der Waals surface area (Å²) in [6.45, 7) is 6.33. The molecule has 0 aromatic heterocycles. The van der Waals surface area contributed by atoms with Crippen LogP contribution in [-0.2, 0) is 27.9 Å². The standard InChI is InChI=1S/C21H33N3O3S/c1-2-28(26,27)24-14-6-7-20(17-24)21(25)22-15-18-8-10-19(11-9-18)16-23-12-4-3-5-13-23/h8-11,20H,2-7,12-17H2,1H3,(H,22,25)/t20-/m0/s1. The van der Waals surface area contributed by atoms with Crippen molar-refractivity contribution in [3.05, 3.63) is 35.4 Å².